The van der Waals surface area contributed by atoms with E-state index < -0.39 is 11.7 Å². The maximum absolute atomic E-state index is 12.8. The number of hydrogen-bond acceptors (Lipinski definition) is 4. The number of aryl methyl sites for hydroxylation is 1. The second-order valence-corrected chi connectivity index (χ2v) is 8.30. The lowest BCUT2D eigenvalue weighted by Gasteiger charge is -2.35. The van der Waals surface area contributed by atoms with E-state index in [1.165, 1.54) is 6.42 Å². The van der Waals surface area contributed by atoms with E-state index in [0.717, 1.165) is 42.2 Å². The van der Waals surface area contributed by atoms with Crippen molar-refractivity contribution in [1.29, 1.82) is 0 Å². The number of benzene rings is 1. The van der Waals surface area contributed by atoms with Crippen molar-refractivity contribution >= 4 is 16.9 Å². The highest BCUT2D eigenvalue weighted by molar-refractivity contribution is 6.00. The predicted octanol–water partition coefficient (Wildman–Crippen LogP) is 4.40. The van der Waals surface area contributed by atoms with Gasteiger partial charge in [0.05, 0.1) is 6.10 Å². The van der Waals surface area contributed by atoms with Crippen LogP contribution in [-0.4, -0.2) is 22.7 Å². The summed E-state index contributed by atoms with van der Waals surface area (Å²) >= 11 is 0. The van der Waals surface area contributed by atoms with Crippen LogP contribution in [0.15, 0.2) is 16.5 Å². The zero-order chi connectivity index (χ0) is 18.5. The molecule has 1 amide bonds. The molecule has 0 saturated heterocycles. The Labute approximate surface area is 153 Å². The third-order valence-electron chi connectivity index (χ3n) is 5.65. The largest absolute Gasteiger partial charge is 0.487 e. The number of ether oxygens (including phenoxy) is 1. The van der Waals surface area contributed by atoms with Crippen LogP contribution >= 0.6 is 0 Å². The Hall–Kier alpha value is -2.01. The fraction of sp³-hybridized carbons (Fsp3) is 0.571. The normalized spacial score (nSPS) is 22.7. The highest BCUT2D eigenvalue weighted by Gasteiger charge is 2.35. The average Bonchev–Trinajstić information content (AvgIpc) is 2.91. The van der Waals surface area contributed by atoms with Crippen molar-refractivity contribution in [3.63, 3.8) is 0 Å². The number of rotatable bonds is 2. The number of aliphatic hydroxyl groups is 1. The minimum atomic E-state index is -0.636. The third kappa shape index (κ3) is 2.98. The van der Waals surface area contributed by atoms with Crippen LogP contribution in [0, 0.1) is 6.92 Å². The van der Waals surface area contributed by atoms with Gasteiger partial charge >= 0.3 is 0 Å². The molecule has 4 rings (SSSR count). The van der Waals surface area contributed by atoms with E-state index in [9.17, 15) is 9.90 Å². The van der Waals surface area contributed by atoms with Crippen LogP contribution in [0.2, 0.25) is 0 Å². The first-order chi connectivity index (χ1) is 12.4. The molecule has 140 valence electrons. The van der Waals surface area contributed by atoms with Crippen LogP contribution in [0.1, 0.15) is 80.2 Å². The molecule has 1 aromatic carbocycles. The molecule has 2 heterocycles. The molecule has 2 N–H and O–H groups in total. The lowest BCUT2D eigenvalue weighted by molar-refractivity contribution is 0.0126. The van der Waals surface area contributed by atoms with Crippen molar-refractivity contribution in [1.82, 2.24) is 5.32 Å². The van der Waals surface area contributed by atoms with Gasteiger partial charge in [0.1, 0.15) is 16.9 Å². The van der Waals surface area contributed by atoms with Crippen molar-refractivity contribution in [3.05, 3.63) is 29.0 Å². The summed E-state index contributed by atoms with van der Waals surface area (Å²) in [6, 6.07) is 3.88. The molecule has 0 spiro atoms. The Balaban J connectivity index is 1.71. The monoisotopic (exact) mass is 357 g/mol. The van der Waals surface area contributed by atoms with E-state index in [0.29, 0.717) is 23.5 Å². The van der Waals surface area contributed by atoms with Gasteiger partial charge in [0.25, 0.3) is 5.91 Å². The fourth-order valence-corrected chi connectivity index (χ4v) is 4.39. The number of nitrogens with one attached hydrogen (secondary N) is 1. The fourth-order valence-electron chi connectivity index (χ4n) is 4.39. The Bertz CT molecular complexity index is 845. The maximum atomic E-state index is 12.8. The minimum Gasteiger partial charge on any atom is -0.487 e. The van der Waals surface area contributed by atoms with Crippen LogP contribution in [0.4, 0.5) is 0 Å². The standard InChI is InChI=1S/C21H27NO4/c1-12-17-15(9-10-16-18(17)14(23)11-21(2,3)26-16)25-19(12)20(24)22-13-7-5-4-6-8-13/h9-10,13-14,23H,4-8,11H2,1-3H3,(H,22,24)/t14-/m1/s1. The Morgan fingerprint density at radius 1 is 1.23 bits per heavy atom. The van der Waals surface area contributed by atoms with Crippen molar-refractivity contribution in [3.8, 4) is 5.75 Å². The van der Waals surface area contributed by atoms with E-state index in [4.69, 9.17) is 9.15 Å². The van der Waals surface area contributed by atoms with E-state index in [-0.39, 0.29) is 11.9 Å². The van der Waals surface area contributed by atoms with Crippen LogP contribution in [0.5, 0.6) is 5.75 Å². The zero-order valence-electron chi connectivity index (χ0n) is 15.7. The second-order valence-electron chi connectivity index (χ2n) is 8.30. The van der Waals surface area contributed by atoms with E-state index in [1.54, 1.807) is 0 Å². The maximum Gasteiger partial charge on any atom is 0.287 e. The van der Waals surface area contributed by atoms with E-state index >= 15 is 0 Å². The molecule has 5 nitrogen and oxygen atoms in total. The molecule has 1 atom stereocenters. The van der Waals surface area contributed by atoms with Gasteiger partial charge in [-0.3, -0.25) is 4.79 Å². The minimum absolute atomic E-state index is 0.161. The number of amides is 1. The van der Waals surface area contributed by atoms with Gasteiger partial charge in [-0.1, -0.05) is 19.3 Å². The molecule has 0 bridgehead atoms. The van der Waals surface area contributed by atoms with Gasteiger partial charge in [-0.25, -0.2) is 0 Å². The number of carbonyl (C=O) groups is 1. The molecule has 26 heavy (non-hydrogen) atoms. The first kappa shape index (κ1) is 17.4. The summed E-state index contributed by atoms with van der Waals surface area (Å²) in [5.74, 6) is 0.853. The van der Waals surface area contributed by atoms with Gasteiger partial charge in [-0.05, 0) is 45.7 Å². The molecule has 1 aromatic heterocycles. The summed E-state index contributed by atoms with van der Waals surface area (Å²) in [5.41, 5.74) is 1.71. The number of hydrogen-bond donors (Lipinski definition) is 2. The van der Waals surface area contributed by atoms with Gasteiger partial charge in [0, 0.05) is 29.0 Å². The summed E-state index contributed by atoms with van der Waals surface area (Å²) in [5, 5.41) is 14.6. The van der Waals surface area contributed by atoms with Crippen molar-refractivity contribution in [2.24, 2.45) is 0 Å². The third-order valence-corrected chi connectivity index (χ3v) is 5.65. The Morgan fingerprint density at radius 2 is 1.96 bits per heavy atom. The van der Waals surface area contributed by atoms with E-state index in [2.05, 4.69) is 5.32 Å². The molecule has 0 unspecified atom stereocenters. The number of aliphatic hydroxyl groups excluding tert-OH is 1. The predicted molar refractivity (Wildman–Crippen MR) is 99.6 cm³/mol. The smallest absolute Gasteiger partial charge is 0.287 e. The molecule has 2 aromatic rings. The van der Waals surface area contributed by atoms with Gasteiger partial charge < -0.3 is 19.6 Å². The molecule has 1 saturated carbocycles. The van der Waals surface area contributed by atoms with Crippen LogP contribution in [0.25, 0.3) is 11.0 Å². The zero-order valence-corrected chi connectivity index (χ0v) is 15.7. The molecular weight excluding hydrogens is 330 g/mol. The Morgan fingerprint density at radius 3 is 2.69 bits per heavy atom. The highest BCUT2D eigenvalue weighted by atomic mass is 16.5. The number of fused-ring (bicyclic) bond motifs is 3. The topological polar surface area (TPSA) is 71.7 Å². The van der Waals surface area contributed by atoms with Crippen LogP contribution in [-0.2, 0) is 0 Å². The summed E-state index contributed by atoms with van der Waals surface area (Å²) < 4.78 is 11.9. The number of carbonyl (C=O) groups excluding carboxylic acids is 1. The lowest BCUT2D eigenvalue weighted by atomic mass is 9.89. The van der Waals surface area contributed by atoms with Crippen molar-refractivity contribution < 1.29 is 19.1 Å². The summed E-state index contributed by atoms with van der Waals surface area (Å²) in [4.78, 5) is 12.8. The van der Waals surface area contributed by atoms with Crippen molar-refractivity contribution in [2.75, 3.05) is 0 Å². The average molecular weight is 357 g/mol. The van der Waals surface area contributed by atoms with Crippen LogP contribution < -0.4 is 10.1 Å². The quantitative estimate of drug-likeness (QED) is 0.836. The molecule has 2 aliphatic rings. The number of furan rings is 1. The molecule has 0 radical (unpaired) electrons. The molecule has 1 fully saturated rings. The van der Waals surface area contributed by atoms with Crippen molar-refractivity contribution in [2.45, 2.75) is 77.0 Å². The van der Waals surface area contributed by atoms with Gasteiger partial charge in [-0.15, -0.1) is 0 Å². The van der Waals surface area contributed by atoms with Crippen LogP contribution in [0.3, 0.4) is 0 Å². The first-order valence-electron chi connectivity index (χ1n) is 9.60. The SMILES string of the molecule is Cc1c(C(=O)NC2CCCCC2)oc2ccc3c(c12)[C@H](O)CC(C)(C)O3. The summed E-state index contributed by atoms with van der Waals surface area (Å²) in [6.45, 7) is 5.82. The Kier molecular flexibility index (Phi) is 4.22. The lowest BCUT2D eigenvalue weighted by Crippen LogP contribution is -2.36. The summed E-state index contributed by atoms with van der Waals surface area (Å²) in [6.07, 6.45) is 5.50. The first-order valence-corrected chi connectivity index (χ1v) is 9.60. The van der Waals surface area contributed by atoms with E-state index in [1.807, 2.05) is 32.9 Å². The van der Waals surface area contributed by atoms with Gasteiger partial charge in [0.15, 0.2) is 5.76 Å². The molecule has 1 aliphatic carbocycles. The molecule has 1 aliphatic heterocycles. The molecule has 5 heteroatoms. The second kappa shape index (κ2) is 6.31. The van der Waals surface area contributed by atoms with Gasteiger partial charge in [-0.2, -0.15) is 0 Å². The molecular formula is C21H27NO4. The highest BCUT2D eigenvalue weighted by Crippen LogP contribution is 2.45. The van der Waals surface area contributed by atoms with Gasteiger partial charge in [0.2, 0.25) is 0 Å². The summed E-state index contributed by atoms with van der Waals surface area (Å²) in [7, 11) is 0.